The Morgan fingerprint density at radius 2 is 1.78 bits per heavy atom. The first-order valence-corrected chi connectivity index (χ1v) is 12.9. The first-order chi connectivity index (χ1) is 17.3. The molecule has 0 fully saturated rings. The summed E-state index contributed by atoms with van der Waals surface area (Å²) >= 11 is 0. The zero-order valence-corrected chi connectivity index (χ0v) is 20.2. The normalized spacial score (nSPS) is 14.4. The van der Waals surface area contributed by atoms with Gasteiger partial charge in [0.1, 0.15) is 6.04 Å². The van der Waals surface area contributed by atoms with Crippen molar-refractivity contribution >= 4 is 38.6 Å². The SMILES string of the molecule is O=C(NCC(NS(=O)(=O)c1ccccc1)C(=O)O)c1ccc2cc(CNC3=NCCCN3)ccc2c1. The van der Waals surface area contributed by atoms with Gasteiger partial charge in [-0.3, -0.25) is 14.6 Å². The van der Waals surface area contributed by atoms with Crippen molar-refractivity contribution in [3.8, 4) is 0 Å². The van der Waals surface area contributed by atoms with Crippen molar-refractivity contribution in [3.63, 3.8) is 0 Å². The van der Waals surface area contributed by atoms with E-state index in [4.69, 9.17) is 0 Å². The second-order valence-corrected chi connectivity index (χ2v) is 10.0. The van der Waals surface area contributed by atoms with Crippen LogP contribution in [-0.2, 0) is 21.4 Å². The Hall–Kier alpha value is -3.96. The number of carbonyl (C=O) groups excluding carboxylic acids is 1. The number of rotatable bonds is 9. The molecule has 1 atom stereocenters. The quantitative estimate of drug-likeness (QED) is 0.293. The van der Waals surface area contributed by atoms with Crippen LogP contribution >= 0.6 is 0 Å². The third kappa shape index (κ3) is 6.37. The Morgan fingerprint density at radius 3 is 2.50 bits per heavy atom. The average molecular weight is 510 g/mol. The second kappa shape index (κ2) is 11.2. The third-order valence-corrected chi connectivity index (χ3v) is 7.13. The van der Waals surface area contributed by atoms with Crippen LogP contribution in [0.15, 0.2) is 76.6 Å². The number of nitrogens with zero attached hydrogens (tertiary/aromatic N) is 1. The molecular weight excluding hydrogens is 482 g/mol. The molecule has 10 nitrogen and oxygen atoms in total. The summed E-state index contributed by atoms with van der Waals surface area (Å²) in [6.07, 6.45) is 1.03. The van der Waals surface area contributed by atoms with Crippen molar-refractivity contribution in [3.05, 3.63) is 77.9 Å². The number of carboxylic acid groups (broad SMARTS) is 1. The molecule has 1 heterocycles. The fraction of sp³-hybridized carbons (Fsp3) is 0.240. The number of guanidine groups is 1. The minimum Gasteiger partial charge on any atom is -0.480 e. The number of hydrogen-bond acceptors (Lipinski definition) is 7. The highest BCUT2D eigenvalue weighted by atomic mass is 32.2. The van der Waals surface area contributed by atoms with Crippen LogP contribution in [0, 0.1) is 0 Å². The summed E-state index contributed by atoms with van der Waals surface area (Å²) in [4.78, 5) is 28.6. The topological polar surface area (TPSA) is 149 Å². The molecule has 0 aromatic heterocycles. The Bertz CT molecular complexity index is 1390. The predicted molar refractivity (Wildman–Crippen MR) is 136 cm³/mol. The van der Waals surface area contributed by atoms with Crippen molar-refractivity contribution in [2.45, 2.75) is 23.9 Å². The fourth-order valence-electron chi connectivity index (χ4n) is 3.71. The third-order valence-electron chi connectivity index (χ3n) is 5.64. The Balaban J connectivity index is 1.38. The van der Waals surface area contributed by atoms with E-state index in [-0.39, 0.29) is 4.90 Å². The molecule has 0 aliphatic carbocycles. The molecule has 0 saturated heterocycles. The molecule has 0 spiro atoms. The molecule has 1 unspecified atom stereocenters. The Kier molecular flexibility index (Phi) is 7.81. The van der Waals surface area contributed by atoms with E-state index in [9.17, 15) is 23.1 Å². The van der Waals surface area contributed by atoms with Crippen molar-refractivity contribution < 1.29 is 23.1 Å². The maximum absolute atomic E-state index is 12.7. The van der Waals surface area contributed by atoms with Gasteiger partial charge in [0.15, 0.2) is 5.96 Å². The number of benzene rings is 3. The minimum atomic E-state index is -4.06. The first kappa shape index (κ1) is 25.1. The summed E-state index contributed by atoms with van der Waals surface area (Å²) in [6.45, 7) is 1.91. The van der Waals surface area contributed by atoms with E-state index >= 15 is 0 Å². The molecule has 1 aliphatic rings. The van der Waals surface area contributed by atoms with Crippen molar-refractivity contribution in [2.75, 3.05) is 19.6 Å². The summed E-state index contributed by atoms with van der Waals surface area (Å²) < 4.78 is 27.1. The van der Waals surface area contributed by atoms with E-state index in [2.05, 4.69) is 25.7 Å². The van der Waals surface area contributed by atoms with E-state index in [1.165, 1.54) is 24.3 Å². The van der Waals surface area contributed by atoms with E-state index < -0.39 is 34.5 Å². The molecule has 0 saturated carbocycles. The van der Waals surface area contributed by atoms with Gasteiger partial charge in [0.2, 0.25) is 10.0 Å². The summed E-state index contributed by atoms with van der Waals surface area (Å²) in [5.74, 6) is -1.11. The van der Waals surface area contributed by atoms with Crippen LogP contribution in [0.3, 0.4) is 0 Å². The number of fused-ring (bicyclic) bond motifs is 1. The van der Waals surface area contributed by atoms with Crippen LogP contribution in [-0.4, -0.2) is 57.0 Å². The number of carbonyl (C=O) groups is 2. The van der Waals surface area contributed by atoms with Crippen LogP contribution in [0.1, 0.15) is 22.3 Å². The van der Waals surface area contributed by atoms with Crippen LogP contribution in [0.5, 0.6) is 0 Å². The number of nitrogens with one attached hydrogen (secondary N) is 4. The number of aliphatic imine (C=N–C) groups is 1. The molecule has 36 heavy (non-hydrogen) atoms. The number of aliphatic carboxylic acids is 1. The predicted octanol–water partition coefficient (Wildman–Crippen LogP) is 1.44. The molecular formula is C25H27N5O5S. The average Bonchev–Trinajstić information content (AvgIpc) is 2.90. The monoisotopic (exact) mass is 509 g/mol. The zero-order valence-electron chi connectivity index (χ0n) is 19.4. The Morgan fingerprint density at radius 1 is 1.03 bits per heavy atom. The summed E-state index contributed by atoms with van der Waals surface area (Å²) in [5.41, 5.74) is 1.40. The van der Waals surface area contributed by atoms with E-state index in [1.807, 2.05) is 24.3 Å². The molecule has 1 amide bonds. The van der Waals surface area contributed by atoms with E-state index in [0.29, 0.717) is 12.1 Å². The highest BCUT2D eigenvalue weighted by molar-refractivity contribution is 7.89. The molecule has 4 rings (SSSR count). The van der Waals surface area contributed by atoms with Gasteiger partial charge in [0.05, 0.1) is 4.90 Å². The first-order valence-electron chi connectivity index (χ1n) is 11.4. The molecule has 5 N–H and O–H groups in total. The lowest BCUT2D eigenvalue weighted by molar-refractivity contribution is -0.138. The van der Waals surface area contributed by atoms with Crippen molar-refractivity contribution in [1.29, 1.82) is 0 Å². The smallest absolute Gasteiger partial charge is 0.323 e. The molecule has 3 aromatic carbocycles. The van der Waals surface area contributed by atoms with E-state index in [1.54, 1.807) is 18.2 Å². The van der Waals surface area contributed by atoms with Gasteiger partial charge in [-0.05, 0) is 53.1 Å². The molecule has 1 aliphatic heterocycles. The summed E-state index contributed by atoms with van der Waals surface area (Å²) in [7, 11) is -4.06. The summed E-state index contributed by atoms with van der Waals surface area (Å²) in [6, 6.07) is 17.0. The maximum Gasteiger partial charge on any atom is 0.323 e. The molecule has 188 valence electrons. The second-order valence-electron chi connectivity index (χ2n) is 8.30. The molecule has 11 heteroatoms. The minimum absolute atomic E-state index is 0.0605. The van der Waals surface area contributed by atoms with Gasteiger partial charge in [-0.2, -0.15) is 4.72 Å². The van der Waals surface area contributed by atoms with Crippen LogP contribution < -0.4 is 20.7 Å². The number of hydrogen-bond donors (Lipinski definition) is 5. The van der Waals surface area contributed by atoms with Gasteiger partial charge in [-0.15, -0.1) is 0 Å². The van der Waals surface area contributed by atoms with Gasteiger partial charge in [0, 0.05) is 31.7 Å². The highest BCUT2D eigenvalue weighted by Crippen LogP contribution is 2.18. The van der Waals surface area contributed by atoms with Gasteiger partial charge >= 0.3 is 5.97 Å². The lowest BCUT2D eigenvalue weighted by Crippen LogP contribution is -2.48. The summed E-state index contributed by atoms with van der Waals surface area (Å²) in [5, 5.41) is 20.3. The van der Waals surface area contributed by atoms with Gasteiger partial charge in [-0.25, -0.2) is 8.42 Å². The van der Waals surface area contributed by atoms with Crippen LogP contribution in [0.25, 0.3) is 10.8 Å². The van der Waals surface area contributed by atoms with Crippen LogP contribution in [0.4, 0.5) is 0 Å². The molecule has 0 radical (unpaired) electrons. The van der Waals surface area contributed by atoms with Crippen molar-refractivity contribution in [2.24, 2.45) is 4.99 Å². The van der Waals surface area contributed by atoms with Gasteiger partial charge in [0.25, 0.3) is 5.91 Å². The van der Waals surface area contributed by atoms with Gasteiger partial charge < -0.3 is 21.1 Å². The van der Waals surface area contributed by atoms with Crippen LogP contribution in [0.2, 0.25) is 0 Å². The molecule has 3 aromatic rings. The van der Waals surface area contributed by atoms with Gasteiger partial charge in [-0.1, -0.05) is 36.4 Å². The maximum atomic E-state index is 12.7. The highest BCUT2D eigenvalue weighted by Gasteiger charge is 2.26. The number of carboxylic acids is 1. The molecule has 0 bridgehead atoms. The lowest BCUT2D eigenvalue weighted by Gasteiger charge is -2.16. The number of sulfonamides is 1. The standard InChI is InChI=1S/C25H27N5O5S/c31-23(28-16-22(24(32)33)30-36(34,35)21-5-2-1-3-6-21)20-10-9-18-13-17(7-8-19(18)14-20)15-29-25-26-11-4-12-27-25/h1-3,5-10,13-14,22,30H,4,11-12,15-16H2,(H,28,31)(H,32,33)(H2,26,27,29). The lowest BCUT2D eigenvalue weighted by atomic mass is 10.0. The largest absolute Gasteiger partial charge is 0.480 e. The Labute approximate surface area is 208 Å². The zero-order chi connectivity index (χ0) is 25.5. The fourth-order valence-corrected chi connectivity index (χ4v) is 4.92. The number of amides is 1. The van der Waals surface area contributed by atoms with E-state index in [0.717, 1.165) is 41.8 Å². The van der Waals surface area contributed by atoms with Crippen molar-refractivity contribution in [1.82, 2.24) is 20.7 Å².